The normalized spacial score (nSPS) is 10.7. The summed E-state index contributed by atoms with van der Waals surface area (Å²) in [6.45, 7) is 6.66. The summed E-state index contributed by atoms with van der Waals surface area (Å²) in [7, 11) is 0. The molecule has 0 spiro atoms. The van der Waals surface area contributed by atoms with Crippen LogP contribution in [-0.4, -0.2) is 30.4 Å². The standard InChI is InChI=1S/C17H22N2O/c1-3-19(4-2)17(20)13-18-12-15-10-7-9-14-8-5-6-11-16(14)15/h5-11,18H,3-4,12-13H2,1-2H3. The molecule has 0 saturated carbocycles. The molecule has 0 aromatic heterocycles. The van der Waals surface area contributed by atoms with Gasteiger partial charge in [0.15, 0.2) is 0 Å². The maximum absolute atomic E-state index is 11.9. The van der Waals surface area contributed by atoms with Crippen LogP contribution in [0.5, 0.6) is 0 Å². The second-order valence-electron chi connectivity index (χ2n) is 4.81. The van der Waals surface area contributed by atoms with Crippen LogP contribution in [-0.2, 0) is 11.3 Å². The molecule has 0 saturated heterocycles. The molecule has 0 unspecified atom stereocenters. The summed E-state index contributed by atoms with van der Waals surface area (Å²) in [6.07, 6.45) is 0. The average Bonchev–Trinajstić information content (AvgIpc) is 2.49. The molecule has 3 heteroatoms. The smallest absolute Gasteiger partial charge is 0.236 e. The zero-order valence-electron chi connectivity index (χ0n) is 12.2. The van der Waals surface area contributed by atoms with Crippen molar-refractivity contribution >= 4 is 16.7 Å². The molecule has 2 aromatic carbocycles. The molecule has 0 aliphatic heterocycles. The van der Waals surface area contributed by atoms with E-state index in [1.54, 1.807) is 0 Å². The number of rotatable bonds is 6. The monoisotopic (exact) mass is 270 g/mol. The third kappa shape index (κ3) is 3.36. The number of fused-ring (bicyclic) bond motifs is 1. The number of hydrogen-bond donors (Lipinski definition) is 1. The minimum absolute atomic E-state index is 0.162. The van der Waals surface area contributed by atoms with Gasteiger partial charge in [0.05, 0.1) is 6.54 Å². The highest BCUT2D eigenvalue weighted by molar-refractivity contribution is 5.85. The molecule has 1 amide bonds. The fraction of sp³-hybridized carbons (Fsp3) is 0.353. The number of hydrogen-bond acceptors (Lipinski definition) is 2. The molecular weight excluding hydrogens is 248 g/mol. The van der Waals surface area contributed by atoms with Crippen molar-refractivity contribution in [3.63, 3.8) is 0 Å². The minimum atomic E-state index is 0.162. The van der Waals surface area contributed by atoms with Crippen LogP contribution in [0.15, 0.2) is 42.5 Å². The van der Waals surface area contributed by atoms with Gasteiger partial charge in [-0.05, 0) is 30.2 Å². The Morgan fingerprint density at radius 3 is 2.50 bits per heavy atom. The summed E-state index contributed by atoms with van der Waals surface area (Å²) in [5, 5.41) is 5.74. The number of amides is 1. The van der Waals surface area contributed by atoms with Gasteiger partial charge in [0.25, 0.3) is 0 Å². The first-order valence-electron chi connectivity index (χ1n) is 7.21. The Balaban J connectivity index is 1.98. The predicted molar refractivity (Wildman–Crippen MR) is 83.6 cm³/mol. The van der Waals surface area contributed by atoms with Crippen LogP contribution in [0, 0.1) is 0 Å². The molecule has 106 valence electrons. The van der Waals surface area contributed by atoms with Gasteiger partial charge in [-0.3, -0.25) is 4.79 Å². The molecule has 0 heterocycles. The number of carbonyl (C=O) groups is 1. The SMILES string of the molecule is CCN(CC)C(=O)CNCc1cccc2ccccc12. The maximum Gasteiger partial charge on any atom is 0.236 e. The Morgan fingerprint density at radius 1 is 1.05 bits per heavy atom. The molecule has 2 aromatic rings. The lowest BCUT2D eigenvalue weighted by atomic mass is 10.0. The third-order valence-electron chi connectivity index (χ3n) is 3.59. The van der Waals surface area contributed by atoms with Crippen molar-refractivity contribution in [2.75, 3.05) is 19.6 Å². The summed E-state index contributed by atoms with van der Waals surface area (Å²) in [5.41, 5.74) is 1.23. The van der Waals surface area contributed by atoms with Crippen molar-refractivity contribution < 1.29 is 4.79 Å². The van der Waals surface area contributed by atoms with Gasteiger partial charge in [-0.15, -0.1) is 0 Å². The van der Waals surface area contributed by atoms with Gasteiger partial charge >= 0.3 is 0 Å². The Morgan fingerprint density at radius 2 is 1.75 bits per heavy atom. The topological polar surface area (TPSA) is 32.3 Å². The van der Waals surface area contributed by atoms with E-state index in [9.17, 15) is 4.79 Å². The lowest BCUT2D eigenvalue weighted by Crippen LogP contribution is -2.37. The van der Waals surface area contributed by atoms with Gasteiger partial charge in [-0.1, -0.05) is 42.5 Å². The van der Waals surface area contributed by atoms with Gasteiger partial charge in [0.1, 0.15) is 0 Å². The summed E-state index contributed by atoms with van der Waals surface area (Å²) < 4.78 is 0. The molecule has 0 fully saturated rings. The van der Waals surface area contributed by atoms with E-state index in [4.69, 9.17) is 0 Å². The van der Waals surface area contributed by atoms with Gasteiger partial charge in [0.2, 0.25) is 5.91 Å². The van der Waals surface area contributed by atoms with Crippen molar-refractivity contribution in [3.05, 3.63) is 48.0 Å². The van der Waals surface area contributed by atoms with Crippen molar-refractivity contribution in [1.82, 2.24) is 10.2 Å². The molecule has 2 rings (SSSR count). The largest absolute Gasteiger partial charge is 0.342 e. The van der Waals surface area contributed by atoms with E-state index in [1.165, 1.54) is 16.3 Å². The first-order valence-corrected chi connectivity index (χ1v) is 7.21. The molecule has 0 aliphatic rings. The zero-order valence-corrected chi connectivity index (χ0v) is 12.2. The second kappa shape index (κ2) is 7.06. The lowest BCUT2D eigenvalue weighted by molar-refractivity contribution is -0.129. The van der Waals surface area contributed by atoms with Crippen LogP contribution in [0.1, 0.15) is 19.4 Å². The van der Waals surface area contributed by atoms with Crippen LogP contribution in [0.2, 0.25) is 0 Å². The van der Waals surface area contributed by atoms with Crippen molar-refractivity contribution in [3.8, 4) is 0 Å². The Kier molecular flexibility index (Phi) is 5.13. The van der Waals surface area contributed by atoms with E-state index in [2.05, 4.69) is 35.6 Å². The fourth-order valence-electron chi connectivity index (χ4n) is 2.44. The van der Waals surface area contributed by atoms with Gasteiger partial charge in [0, 0.05) is 19.6 Å². The fourth-order valence-corrected chi connectivity index (χ4v) is 2.44. The summed E-state index contributed by atoms with van der Waals surface area (Å²) >= 11 is 0. The van der Waals surface area contributed by atoms with E-state index >= 15 is 0 Å². The van der Waals surface area contributed by atoms with Gasteiger partial charge in [-0.25, -0.2) is 0 Å². The summed E-state index contributed by atoms with van der Waals surface area (Å²) in [4.78, 5) is 13.8. The second-order valence-corrected chi connectivity index (χ2v) is 4.81. The van der Waals surface area contributed by atoms with Gasteiger partial charge in [-0.2, -0.15) is 0 Å². The van der Waals surface area contributed by atoms with E-state index in [0.29, 0.717) is 13.1 Å². The first kappa shape index (κ1) is 14.5. The van der Waals surface area contributed by atoms with E-state index < -0.39 is 0 Å². The lowest BCUT2D eigenvalue weighted by Gasteiger charge is -2.18. The molecule has 0 radical (unpaired) electrons. The molecule has 1 N–H and O–H groups in total. The van der Waals surface area contributed by atoms with Crippen LogP contribution < -0.4 is 5.32 Å². The summed E-state index contributed by atoms with van der Waals surface area (Å²) in [5.74, 6) is 0.162. The van der Waals surface area contributed by atoms with Gasteiger partial charge < -0.3 is 10.2 Å². The number of nitrogens with one attached hydrogen (secondary N) is 1. The van der Waals surface area contributed by atoms with Crippen LogP contribution in [0.25, 0.3) is 10.8 Å². The van der Waals surface area contributed by atoms with Crippen molar-refractivity contribution in [2.24, 2.45) is 0 Å². The van der Waals surface area contributed by atoms with Crippen LogP contribution >= 0.6 is 0 Å². The van der Waals surface area contributed by atoms with E-state index in [1.807, 2.05) is 30.9 Å². The number of likely N-dealkylation sites (N-methyl/N-ethyl adjacent to an activating group) is 1. The van der Waals surface area contributed by atoms with Crippen molar-refractivity contribution in [1.29, 1.82) is 0 Å². The number of nitrogens with zero attached hydrogens (tertiary/aromatic N) is 1. The average molecular weight is 270 g/mol. The molecule has 3 nitrogen and oxygen atoms in total. The van der Waals surface area contributed by atoms with Crippen LogP contribution in [0.4, 0.5) is 0 Å². The minimum Gasteiger partial charge on any atom is -0.342 e. The predicted octanol–water partition coefficient (Wildman–Crippen LogP) is 2.80. The highest BCUT2D eigenvalue weighted by atomic mass is 16.2. The molecule has 0 bridgehead atoms. The number of benzene rings is 2. The van der Waals surface area contributed by atoms with Crippen LogP contribution in [0.3, 0.4) is 0 Å². The summed E-state index contributed by atoms with van der Waals surface area (Å²) in [6, 6.07) is 14.6. The highest BCUT2D eigenvalue weighted by Crippen LogP contribution is 2.18. The highest BCUT2D eigenvalue weighted by Gasteiger charge is 2.08. The first-order chi connectivity index (χ1) is 9.76. The van der Waals surface area contributed by atoms with E-state index in [0.717, 1.165) is 13.1 Å². The zero-order chi connectivity index (χ0) is 14.4. The Hall–Kier alpha value is -1.87. The molecule has 20 heavy (non-hydrogen) atoms. The number of carbonyl (C=O) groups excluding carboxylic acids is 1. The Labute approximate surface area is 120 Å². The molecular formula is C17H22N2O. The third-order valence-corrected chi connectivity index (χ3v) is 3.59. The van der Waals surface area contributed by atoms with Crippen molar-refractivity contribution in [2.45, 2.75) is 20.4 Å². The molecule has 0 aliphatic carbocycles. The quantitative estimate of drug-likeness (QED) is 0.875. The van der Waals surface area contributed by atoms with E-state index in [-0.39, 0.29) is 5.91 Å². The Bertz CT molecular complexity index is 571. The maximum atomic E-state index is 11.9. The molecule has 0 atom stereocenters.